The monoisotopic (exact) mass is 168 g/mol. The van der Waals surface area contributed by atoms with Crippen molar-refractivity contribution >= 4 is 30.9 Å². The molecule has 0 unspecified atom stereocenters. The van der Waals surface area contributed by atoms with E-state index in [2.05, 4.69) is 4.98 Å². The van der Waals surface area contributed by atoms with Crippen molar-refractivity contribution in [2.24, 2.45) is 0 Å². The van der Waals surface area contributed by atoms with E-state index in [0.29, 0.717) is 4.67 Å². The molecule has 2 aromatic heterocycles. The highest BCUT2D eigenvalue weighted by Gasteiger charge is 1.95. The lowest BCUT2D eigenvalue weighted by Gasteiger charge is -1.81. The normalized spacial score (nSPS) is 10.4. The summed E-state index contributed by atoms with van der Waals surface area (Å²) in [5.41, 5.74) is 0. The second kappa shape index (κ2) is 2.14. The predicted octanol–water partition coefficient (Wildman–Crippen LogP) is 1.84. The molecule has 0 aliphatic rings. The van der Waals surface area contributed by atoms with Gasteiger partial charge in [-0.2, -0.15) is 0 Å². The molecule has 0 aromatic carbocycles. The van der Waals surface area contributed by atoms with Crippen molar-refractivity contribution in [1.29, 1.82) is 5.41 Å². The summed E-state index contributed by atoms with van der Waals surface area (Å²) in [6.45, 7) is 0. The summed E-state index contributed by atoms with van der Waals surface area (Å²) in [5.74, 6) is 0. The number of nitrogens with one attached hydrogen (secondary N) is 1. The molecule has 2 nitrogen and oxygen atoms in total. The number of aromatic nitrogens is 1. The van der Waals surface area contributed by atoms with Crippen LogP contribution < -0.4 is 4.67 Å². The molecule has 10 heavy (non-hydrogen) atoms. The molecule has 0 radical (unpaired) electrons. The summed E-state index contributed by atoms with van der Waals surface area (Å²) < 4.78 is 0.619. The minimum absolute atomic E-state index is 0.619. The molecule has 2 aromatic rings. The van der Waals surface area contributed by atoms with Crippen LogP contribution in [-0.2, 0) is 0 Å². The Morgan fingerprint density at radius 1 is 1.40 bits per heavy atom. The fourth-order valence-electron chi connectivity index (χ4n) is 0.756. The van der Waals surface area contributed by atoms with Crippen molar-refractivity contribution < 1.29 is 0 Å². The molecule has 2 rings (SSSR count). The van der Waals surface area contributed by atoms with Crippen LogP contribution in [0.1, 0.15) is 0 Å². The Kier molecular flexibility index (Phi) is 1.28. The van der Waals surface area contributed by atoms with Crippen molar-refractivity contribution in [3.05, 3.63) is 23.0 Å². The number of pyridine rings is 1. The van der Waals surface area contributed by atoms with Gasteiger partial charge in [-0.3, -0.25) is 5.41 Å². The van der Waals surface area contributed by atoms with Crippen LogP contribution >= 0.6 is 20.7 Å². The van der Waals surface area contributed by atoms with Gasteiger partial charge in [0, 0.05) is 11.6 Å². The average Bonchev–Trinajstić information content (AvgIpc) is 2.34. The summed E-state index contributed by atoms with van der Waals surface area (Å²) in [5, 5.41) is 8.40. The Bertz CT molecular complexity index is 401. The smallest absolute Gasteiger partial charge is 0.136 e. The molecular formula is C6H4N2S2. The fraction of sp³-hybridized carbons (Fsp3) is 0. The van der Waals surface area contributed by atoms with Crippen molar-refractivity contribution in [2.45, 2.75) is 0 Å². The molecule has 0 aliphatic heterocycles. The standard InChI is InChI=1S/C6H4N2S2/c7-5-4-2-1-3-8-6(4)10-9-5/h1-3,7H. The van der Waals surface area contributed by atoms with Gasteiger partial charge in [0.15, 0.2) is 0 Å². The number of fused-ring (bicyclic) bond motifs is 1. The first kappa shape index (κ1) is 6.00. The SMILES string of the molecule is N=c1ssc2ncccc12. The van der Waals surface area contributed by atoms with Gasteiger partial charge >= 0.3 is 0 Å². The minimum atomic E-state index is 0.619. The first-order valence-electron chi connectivity index (χ1n) is 2.76. The van der Waals surface area contributed by atoms with Crippen LogP contribution in [-0.4, -0.2) is 4.98 Å². The van der Waals surface area contributed by atoms with Gasteiger partial charge in [0.05, 0.1) is 0 Å². The Morgan fingerprint density at radius 3 is 3.10 bits per heavy atom. The highest BCUT2D eigenvalue weighted by molar-refractivity contribution is 7.71. The Balaban J connectivity index is 3.07. The highest BCUT2D eigenvalue weighted by Crippen LogP contribution is 2.15. The van der Waals surface area contributed by atoms with Crippen molar-refractivity contribution in [1.82, 2.24) is 4.98 Å². The van der Waals surface area contributed by atoms with E-state index >= 15 is 0 Å². The molecule has 0 aliphatic carbocycles. The topological polar surface area (TPSA) is 36.7 Å². The maximum atomic E-state index is 7.43. The van der Waals surface area contributed by atoms with Crippen LogP contribution in [0.15, 0.2) is 18.3 Å². The summed E-state index contributed by atoms with van der Waals surface area (Å²) in [4.78, 5) is 5.08. The zero-order chi connectivity index (χ0) is 6.97. The fourth-order valence-corrected chi connectivity index (χ4v) is 2.76. The van der Waals surface area contributed by atoms with Crippen LogP contribution in [0.25, 0.3) is 10.2 Å². The van der Waals surface area contributed by atoms with Crippen LogP contribution in [0.3, 0.4) is 0 Å². The van der Waals surface area contributed by atoms with Crippen LogP contribution in [0.5, 0.6) is 0 Å². The van der Waals surface area contributed by atoms with Crippen molar-refractivity contribution in [2.75, 3.05) is 0 Å². The Morgan fingerprint density at radius 2 is 2.30 bits per heavy atom. The zero-order valence-corrected chi connectivity index (χ0v) is 6.63. The van der Waals surface area contributed by atoms with E-state index < -0.39 is 0 Å². The third-order valence-corrected chi connectivity index (χ3v) is 3.40. The third kappa shape index (κ3) is 0.767. The van der Waals surface area contributed by atoms with Crippen LogP contribution in [0.2, 0.25) is 0 Å². The van der Waals surface area contributed by atoms with Crippen molar-refractivity contribution in [3.8, 4) is 0 Å². The molecular weight excluding hydrogens is 164 g/mol. The van der Waals surface area contributed by atoms with Gasteiger partial charge in [0.25, 0.3) is 0 Å². The van der Waals surface area contributed by atoms with Gasteiger partial charge in [-0.15, -0.1) is 0 Å². The molecule has 0 saturated carbocycles. The quantitative estimate of drug-likeness (QED) is 0.599. The predicted molar refractivity (Wildman–Crippen MR) is 43.4 cm³/mol. The average molecular weight is 168 g/mol. The highest BCUT2D eigenvalue weighted by atomic mass is 32.9. The van der Waals surface area contributed by atoms with Crippen molar-refractivity contribution in [3.63, 3.8) is 0 Å². The van der Waals surface area contributed by atoms with Gasteiger partial charge in [-0.1, -0.05) is 20.7 Å². The zero-order valence-electron chi connectivity index (χ0n) is 5.00. The van der Waals surface area contributed by atoms with Gasteiger partial charge < -0.3 is 0 Å². The van der Waals surface area contributed by atoms with Gasteiger partial charge in [0.1, 0.15) is 9.50 Å². The lowest BCUT2D eigenvalue weighted by atomic mass is 10.4. The molecule has 50 valence electrons. The second-order valence-corrected chi connectivity index (χ2v) is 3.98. The minimum Gasteiger partial charge on any atom is -0.289 e. The Labute approximate surface area is 64.7 Å². The summed E-state index contributed by atoms with van der Waals surface area (Å²) in [6.07, 6.45) is 1.75. The van der Waals surface area contributed by atoms with E-state index in [1.807, 2.05) is 12.1 Å². The first-order chi connectivity index (χ1) is 4.88. The number of rotatable bonds is 0. The number of hydrogen-bond donors (Lipinski definition) is 1. The molecule has 1 N–H and O–H groups in total. The maximum absolute atomic E-state index is 7.43. The summed E-state index contributed by atoms with van der Waals surface area (Å²) in [7, 11) is 3.02. The Hall–Kier alpha value is -0.740. The number of nitrogens with zero attached hydrogens (tertiary/aromatic N) is 1. The molecule has 0 amide bonds. The molecule has 4 heteroatoms. The van der Waals surface area contributed by atoms with Crippen LogP contribution in [0.4, 0.5) is 0 Å². The van der Waals surface area contributed by atoms with E-state index in [1.165, 1.54) is 10.3 Å². The molecule has 0 bridgehead atoms. The number of hydrogen-bond acceptors (Lipinski definition) is 4. The lowest BCUT2D eigenvalue weighted by molar-refractivity contribution is 1.37. The van der Waals surface area contributed by atoms with E-state index in [4.69, 9.17) is 5.41 Å². The van der Waals surface area contributed by atoms with E-state index in [-0.39, 0.29) is 0 Å². The lowest BCUT2D eigenvalue weighted by Crippen LogP contribution is -1.87. The molecule has 0 fully saturated rings. The van der Waals surface area contributed by atoms with E-state index in [9.17, 15) is 0 Å². The summed E-state index contributed by atoms with van der Waals surface area (Å²) >= 11 is 0. The molecule has 0 atom stereocenters. The molecule has 2 heterocycles. The molecule has 0 saturated heterocycles. The third-order valence-electron chi connectivity index (χ3n) is 1.22. The maximum Gasteiger partial charge on any atom is 0.136 e. The van der Waals surface area contributed by atoms with Gasteiger partial charge in [0.2, 0.25) is 0 Å². The van der Waals surface area contributed by atoms with Crippen LogP contribution in [0, 0.1) is 5.41 Å². The summed E-state index contributed by atoms with van der Waals surface area (Å²) in [6, 6.07) is 3.79. The largest absolute Gasteiger partial charge is 0.289 e. The van der Waals surface area contributed by atoms with Gasteiger partial charge in [-0.05, 0) is 12.1 Å². The van der Waals surface area contributed by atoms with E-state index in [0.717, 1.165) is 10.2 Å². The first-order valence-corrected chi connectivity index (χ1v) is 4.91. The second-order valence-electron chi connectivity index (χ2n) is 1.85. The molecule has 0 spiro atoms. The van der Waals surface area contributed by atoms with E-state index in [1.54, 1.807) is 16.5 Å². The van der Waals surface area contributed by atoms with Gasteiger partial charge in [-0.25, -0.2) is 4.98 Å².